The molecule has 1 atom stereocenters. The van der Waals surface area contributed by atoms with Gasteiger partial charge in [0, 0.05) is 30.3 Å². The molecule has 0 aliphatic rings. The van der Waals surface area contributed by atoms with Crippen molar-refractivity contribution in [3.05, 3.63) is 28.2 Å². The highest BCUT2D eigenvalue weighted by molar-refractivity contribution is 9.10. The molecule has 1 unspecified atom stereocenters. The van der Waals surface area contributed by atoms with Crippen LogP contribution in [0.5, 0.6) is 0 Å². The molecule has 1 aromatic rings. The molecule has 0 saturated heterocycles. The van der Waals surface area contributed by atoms with Gasteiger partial charge in [0.25, 0.3) is 0 Å². The van der Waals surface area contributed by atoms with Crippen molar-refractivity contribution in [2.24, 2.45) is 0 Å². The van der Waals surface area contributed by atoms with Gasteiger partial charge in [-0.15, -0.1) is 0 Å². The fourth-order valence-electron chi connectivity index (χ4n) is 1.75. The molecule has 0 saturated carbocycles. The molecule has 0 bridgehead atoms. The van der Waals surface area contributed by atoms with Crippen LogP contribution in [0.2, 0.25) is 0 Å². The summed E-state index contributed by atoms with van der Waals surface area (Å²) in [7, 11) is 4.17. The number of anilines is 1. The van der Waals surface area contributed by atoms with Gasteiger partial charge in [0.2, 0.25) is 0 Å². The van der Waals surface area contributed by atoms with Crippen molar-refractivity contribution in [2.45, 2.75) is 26.3 Å². The van der Waals surface area contributed by atoms with Gasteiger partial charge in [0.1, 0.15) is 0 Å². The van der Waals surface area contributed by atoms with Crippen molar-refractivity contribution in [3.8, 4) is 0 Å². The Hall–Kier alpha value is -0.540. The third-order valence-corrected chi connectivity index (χ3v) is 3.13. The number of rotatable bonds is 5. The van der Waals surface area contributed by atoms with Crippen LogP contribution < -0.4 is 10.2 Å². The Balaban J connectivity index is 2.95. The predicted molar refractivity (Wildman–Crippen MR) is 75.2 cm³/mol. The summed E-state index contributed by atoms with van der Waals surface area (Å²) < 4.78 is 1.14. The standard InChI is InChI=1S/C13H21BrN2/c1-5-8-15-10(2)12-9-11(14)6-7-13(12)16(3)4/h6-7,9-10,15H,5,8H2,1-4H3. The zero-order valence-corrected chi connectivity index (χ0v) is 12.1. The molecule has 90 valence electrons. The summed E-state index contributed by atoms with van der Waals surface area (Å²) in [5.74, 6) is 0. The smallest absolute Gasteiger partial charge is 0.0410 e. The molecule has 1 rings (SSSR count). The lowest BCUT2D eigenvalue weighted by atomic mass is 10.1. The van der Waals surface area contributed by atoms with Crippen LogP contribution >= 0.6 is 15.9 Å². The van der Waals surface area contributed by atoms with Crippen molar-refractivity contribution >= 4 is 21.6 Å². The quantitative estimate of drug-likeness (QED) is 0.889. The summed E-state index contributed by atoms with van der Waals surface area (Å²) >= 11 is 3.54. The second-order valence-electron chi connectivity index (χ2n) is 4.27. The average molecular weight is 285 g/mol. The van der Waals surface area contributed by atoms with Crippen LogP contribution in [-0.2, 0) is 0 Å². The summed E-state index contributed by atoms with van der Waals surface area (Å²) in [6, 6.07) is 6.83. The van der Waals surface area contributed by atoms with E-state index in [1.165, 1.54) is 11.3 Å². The normalized spacial score (nSPS) is 12.6. The maximum absolute atomic E-state index is 3.54. The van der Waals surface area contributed by atoms with E-state index < -0.39 is 0 Å². The molecule has 0 amide bonds. The van der Waals surface area contributed by atoms with Gasteiger partial charge in [-0.25, -0.2) is 0 Å². The number of nitrogens with one attached hydrogen (secondary N) is 1. The Kier molecular flexibility index (Phi) is 5.29. The van der Waals surface area contributed by atoms with Gasteiger partial charge in [0.15, 0.2) is 0 Å². The first-order valence-corrected chi connectivity index (χ1v) is 6.55. The van der Waals surface area contributed by atoms with E-state index >= 15 is 0 Å². The molecule has 0 aliphatic heterocycles. The highest BCUT2D eigenvalue weighted by atomic mass is 79.9. The van der Waals surface area contributed by atoms with E-state index in [0.29, 0.717) is 6.04 Å². The molecule has 0 spiro atoms. The van der Waals surface area contributed by atoms with E-state index in [0.717, 1.165) is 17.4 Å². The lowest BCUT2D eigenvalue weighted by Gasteiger charge is -2.22. The second kappa shape index (κ2) is 6.26. The third-order valence-electron chi connectivity index (χ3n) is 2.64. The lowest BCUT2D eigenvalue weighted by molar-refractivity contribution is 0.570. The van der Waals surface area contributed by atoms with Gasteiger partial charge in [-0.1, -0.05) is 22.9 Å². The largest absolute Gasteiger partial charge is 0.377 e. The number of benzene rings is 1. The van der Waals surface area contributed by atoms with E-state index in [4.69, 9.17) is 0 Å². The topological polar surface area (TPSA) is 15.3 Å². The fourth-order valence-corrected chi connectivity index (χ4v) is 2.13. The third kappa shape index (κ3) is 3.49. The van der Waals surface area contributed by atoms with Crippen LogP contribution in [0, 0.1) is 0 Å². The van der Waals surface area contributed by atoms with E-state index in [1.807, 2.05) is 0 Å². The molecule has 0 radical (unpaired) electrons. The summed E-state index contributed by atoms with van der Waals surface area (Å²) in [5.41, 5.74) is 2.62. The maximum atomic E-state index is 3.54. The van der Waals surface area contributed by atoms with E-state index in [1.54, 1.807) is 0 Å². The van der Waals surface area contributed by atoms with E-state index in [-0.39, 0.29) is 0 Å². The SMILES string of the molecule is CCCNC(C)c1cc(Br)ccc1N(C)C. The number of halogens is 1. The zero-order valence-electron chi connectivity index (χ0n) is 10.5. The van der Waals surface area contributed by atoms with Crippen LogP contribution in [0.1, 0.15) is 31.9 Å². The molecule has 1 aromatic carbocycles. The van der Waals surface area contributed by atoms with E-state index in [9.17, 15) is 0 Å². The first-order valence-electron chi connectivity index (χ1n) is 5.76. The van der Waals surface area contributed by atoms with Crippen LogP contribution in [0.15, 0.2) is 22.7 Å². The van der Waals surface area contributed by atoms with E-state index in [2.05, 4.69) is 72.3 Å². The molecule has 0 aliphatic carbocycles. The summed E-state index contributed by atoms with van der Waals surface area (Å²) in [6.07, 6.45) is 1.16. The van der Waals surface area contributed by atoms with Crippen LogP contribution in [0.25, 0.3) is 0 Å². The predicted octanol–water partition coefficient (Wildman–Crippen LogP) is 3.58. The molecule has 0 fully saturated rings. The van der Waals surface area contributed by atoms with Crippen LogP contribution in [0.4, 0.5) is 5.69 Å². The van der Waals surface area contributed by atoms with Crippen molar-refractivity contribution in [3.63, 3.8) is 0 Å². The fraction of sp³-hybridized carbons (Fsp3) is 0.538. The molecule has 2 nitrogen and oxygen atoms in total. The Morgan fingerprint density at radius 3 is 2.62 bits per heavy atom. The molecule has 0 aromatic heterocycles. The molecular formula is C13H21BrN2. The van der Waals surface area contributed by atoms with Gasteiger partial charge >= 0.3 is 0 Å². The highest BCUT2D eigenvalue weighted by Gasteiger charge is 2.11. The first-order chi connectivity index (χ1) is 7.56. The lowest BCUT2D eigenvalue weighted by Crippen LogP contribution is -2.22. The Labute approximate surface area is 107 Å². The molecule has 1 N–H and O–H groups in total. The molecule has 0 heterocycles. The Morgan fingerprint density at radius 2 is 2.06 bits per heavy atom. The first kappa shape index (κ1) is 13.5. The monoisotopic (exact) mass is 284 g/mol. The summed E-state index contributed by atoms with van der Waals surface area (Å²) in [5, 5.41) is 3.52. The maximum Gasteiger partial charge on any atom is 0.0410 e. The van der Waals surface area contributed by atoms with Gasteiger partial charge in [-0.05, 0) is 43.7 Å². The number of nitrogens with zero attached hydrogens (tertiary/aromatic N) is 1. The van der Waals surface area contributed by atoms with Crippen molar-refractivity contribution in [1.82, 2.24) is 5.32 Å². The zero-order chi connectivity index (χ0) is 12.1. The molecule has 16 heavy (non-hydrogen) atoms. The van der Waals surface area contributed by atoms with Crippen molar-refractivity contribution < 1.29 is 0 Å². The van der Waals surface area contributed by atoms with Gasteiger partial charge in [-0.3, -0.25) is 0 Å². The minimum atomic E-state index is 0.384. The molecular weight excluding hydrogens is 264 g/mol. The Morgan fingerprint density at radius 1 is 1.38 bits per heavy atom. The second-order valence-corrected chi connectivity index (χ2v) is 5.19. The average Bonchev–Trinajstić information content (AvgIpc) is 2.25. The van der Waals surface area contributed by atoms with Gasteiger partial charge < -0.3 is 10.2 Å². The van der Waals surface area contributed by atoms with Crippen molar-refractivity contribution in [1.29, 1.82) is 0 Å². The van der Waals surface area contributed by atoms with Crippen LogP contribution in [0.3, 0.4) is 0 Å². The van der Waals surface area contributed by atoms with Crippen LogP contribution in [-0.4, -0.2) is 20.6 Å². The minimum Gasteiger partial charge on any atom is -0.377 e. The Bertz CT molecular complexity index is 337. The van der Waals surface area contributed by atoms with Gasteiger partial charge in [-0.2, -0.15) is 0 Å². The number of hydrogen-bond acceptors (Lipinski definition) is 2. The number of hydrogen-bond donors (Lipinski definition) is 1. The molecule has 3 heteroatoms. The minimum absolute atomic E-state index is 0.384. The van der Waals surface area contributed by atoms with Gasteiger partial charge in [0.05, 0.1) is 0 Å². The summed E-state index contributed by atoms with van der Waals surface area (Å²) in [6.45, 7) is 5.46. The highest BCUT2D eigenvalue weighted by Crippen LogP contribution is 2.28. The van der Waals surface area contributed by atoms with Crippen molar-refractivity contribution in [2.75, 3.05) is 25.5 Å². The summed E-state index contributed by atoms with van der Waals surface area (Å²) in [4.78, 5) is 2.16.